The van der Waals surface area contributed by atoms with Gasteiger partial charge in [0, 0.05) is 18.6 Å². The zero-order valence-corrected chi connectivity index (χ0v) is 13.1. The third-order valence-electron chi connectivity index (χ3n) is 4.77. The molecule has 0 bridgehead atoms. The molecule has 4 atom stereocenters. The molecular formula is C15H26N2O4. The molecule has 0 aliphatic carbocycles. The molecule has 2 aliphatic rings. The number of nitrogens with zero attached hydrogens (tertiary/aromatic N) is 2. The summed E-state index contributed by atoms with van der Waals surface area (Å²) in [5.41, 5.74) is 0. The van der Waals surface area contributed by atoms with E-state index in [-0.39, 0.29) is 30.8 Å². The summed E-state index contributed by atoms with van der Waals surface area (Å²) in [5, 5.41) is 9.29. The van der Waals surface area contributed by atoms with E-state index in [1.165, 1.54) is 0 Å². The van der Waals surface area contributed by atoms with Crippen molar-refractivity contribution in [2.75, 3.05) is 19.8 Å². The van der Waals surface area contributed by atoms with E-state index >= 15 is 0 Å². The standard InChI is InChI=1S/C15H26N2O4/c1-4-16(13-9-21-8-12(13)14(18)19)15(20)17-10(2)6-5-7-11(17)3/h10-13H,4-9H2,1-3H3,(H,18,19)/t10-,11+,12?,13?. The van der Waals surface area contributed by atoms with Gasteiger partial charge in [-0.05, 0) is 40.0 Å². The molecule has 0 saturated carbocycles. The van der Waals surface area contributed by atoms with Gasteiger partial charge in [0.15, 0.2) is 0 Å². The average Bonchev–Trinajstić information content (AvgIpc) is 2.88. The Morgan fingerprint density at radius 1 is 1.24 bits per heavy atom. The molecule has 2 rings (SSSR count). The van der Waals surface area contributed by atoms with Crippen molar-refractivity contribution in [1.82, 2.24) is 9.80 Å². The number of carbonyl (C=O) groups is 2. The summed E-state index contributed by atoms with van der Waals surface area (Å²) in [6.07, 6.45) is 3.16. The fraction of sp³-hybridized carbons (Fsp3) is 0.867. The van der Waals surface area contributed by atoms with Crippen LogP contribution < -0.4 is 0 Å². The van der Waals surface area contributed by atoms with Gasteiger partial charge in [-0.25, -0.2) is 4.79 Å². The van der Waals surface area contributed by atoms with Crippen LogP contribution in [0.15, 0.2) is 0 Å². The lowest BCUT2D eigenvalue weighted by molar-refractivity contribution is -0.142. The van der Waals surface area contributed by atoms with E-state index in [0.717, 1.165) is 19.3 Å². The largest absolute Gasteiger partial charge is 0.481 e. The van der Waals surface area contributed by atoms with Crippen molar-refractivity contribution in [2.45, 2.75) is 58.2 Å². The van der Waals surface area contributed by atoms with Crippen LogP contribution in [0.5, 0.6) is 0 Å². The Morgan fingerprint density at radius 3 is 2.38 bits per heavy atom. The minimum Gasteiger partial charge on any atom is -0.481 e. The van der Waals surface area contributed by atoms with Gasteiger partial charge in [-0.3, -0.25) is 4.79 Å². The zero-order valence-electron chi connectivity index (χ0n) is 13.1. The van der Waals surface area contributed by atoms with Gasteiger partial charge in [0.25, 0.3) is 0 Å². The first-order chi connectivity index (χ1) is 9.97. The molecule has 2 aliphatic heterocycles. The van der Waals surface area contributed by atoms with Crippen molar-refractivity contribution in [3.05, 3.63) is 0 Å². The van der Waals surface area contributed by atoms with Crippen molar-refractivity contribution in [3.63, 3.8) is 0 Å². The van der Waals surface area contributed by atoms with E-state index < -0.39 is 11.9 Å². The monoisotopic (exact) mass is 298 g/mol. The molecule has 1 N–H and O–H groups in total. The Labute approximate surface area is 126 Å². The molecule has 2 saturated heterocycles. The van der Waals surface area contributed by atoms with Gasteiger partial charge >= 0.3 is 12.0 Å². The molecule has 6 heteroatoms. The Morgan fingerprint density at radius 2 is 1.86 bits per heavy atom. The van der Waals surface area contributed by atoms with Crippen LogP contribution in [-0.2, 0) is 9.53 Å². The first-order valence-corrected chi connectivity index (χ1v) is 7.86. The summed E-state index contributed by atoms with van der Waals surface area (Å²) in [5.74, 6) is -1.51. The summed E-state index contributed by atoms with van der Waals surface area (Å²) in [4.78, 5) is 27.8. The maximum Gasteiger partial charge on any atom is 0.320 e. The highest BCUT2D eigenvalue weighted by Gasteiger charge is 2.42. The third-order valence-corrected chi connectivity index (χ3v) is 4.77. The second-order valence-corrected chi connectivity index (χ2v) is 6.15. The Kier molecular flexibility index (Phi) is 5.08. The number of ether oxygens (including phenoxy) is 1. The molecule has 0 aromatic heterocycles. The summed E-state index contributed by atoms with van der Waals surface area (Å²) in [6.45, 7) is 7.05. The zero-order chi connectivity index (χ0) is 15.6. The molecule has 0 radical (unpaired) electrons. The van der Waals surface area contributed by atoms with Crippen LogP contribution in [0.4, 0.5) is 4.79 Å². The SMILES string of the molecule is CCN(C(=O)N1[C@H](C)CCC[C@@H]1C)C1COCC1C(=O)O. The summed E-state index contributed by atoms with van der Waals surface area (Å²) < 4.78 is 5.31. The molecule has 0 aromatic rings. The fourth-order valence-corrected chi connectivity index (χ4v) is 3.54. The molecule has 6 nitrogen and oxygen atoms in total. The van der Waals surface area contributed by atoms with Crippen molar-refractivity contribution in [1.29, 1.82) is 0 Å². The average molecular weight is 298 g/mol. The highest BCUT2D eigenvalue weighted by atomic mass is 16.5. The van der Waals surface area contributed by atoms with E-state index in [4.69, 9.17) is 4.74 Å². The normalized spacial score (nSPS) is 33.0. The molecule has 0 spiro atoms. The number of likely N-dealkylation sites (tertiary alicyclic amines) is 1. The van der Waals surface area contributed by atoms with E-state index in [1.54, 1.807) is 4.90 Å². The van der Waals surface area contributed by atoms with Gasteiger partial charge in [0.2, 0.25) is 0 Å². The maximum absolute atomic E-state index is 12.9. The van der Waals surface area contributed by atoms with Crippen molar-refractivity contribution < 1.29 is 19.4 Å². The van der Waals surface area contributed by atoms with Crippen molar-refractivity contribution >= 4 is 12.0 Å². The van der Waals surface area contributed by atoms with Gasteiger partial charge in [0.05, 0.1) is 19.3 Å². The van der Waals surface area contributed by atoms with Crippen LogP contribution in [0, 0.1) is 5.92 Å². The summed E-state index contributed by atoms with van der Waals surface area (Å²) >= 11 is 0. The van der Waals surface area contributed by atoms with Crippen LogP contribution in [0.1, 0.15) is 40.0 Å². The van der Waals surface area contributed by atoms with Gasteiger partial charge in [-0.2, -0.15) is 0 Å². The van der Waals surface area contributed by atoms with Crippen molar-refractivity contribution in [3.8, 4) is 0 Å². The highest BCUT2D eigenvalue weighted by Crippen LogP contribution is 2.27. The Bertz CT molecular complexity index is 391. The topological polar surface area (TPSA) is 70.1 Å². The van der Waals surface area contributed by atoms with Gasteiger partial charge < -0.3 is 19.6 Å². The predicted octanol–water partition coefficient (Wildman–Crippen LogP) is 1.79. The number of carbonyl (C=O) groups excluding carboxylic acids is 1. The number of likely N-dealkylation sites (N-methyl/N-ethyl adjacent to an activating group) is 1. The number of urea groups is 1. The number of carboxylic acid groups (broad SMARTS) is 1. The number of carboxylic acids is 1. The van der Waals surface area contributed by atoms with E-state index in [2.05, 4.69) is 13.8 Å². The Balaban J connectivity index is 2.16. The molecule has 2 amide bonds. The first kappa shape index (κ1) is 16.1. The second-order valence-electron chi connectivity index (χ2n) is 6.15. The number of amides is 2. The summed E-state index contributed by atoms with van der Waals surface area (Å²) in [6, 6.07) is 0.0158. The molecule has 2 heterocycles. The number of rotatable bonds is 3. The summed E-state index contributed by atoms with van der Waals surface area (Å²) in [7, 11) is 0. The number of hydrogen-bond donors (Lipinski definition) is 1. The highest BCUT2D eigenvalue weighted by molar-refractivity contribution is 5.78. The lowest BCUT2D eigenvalue weighted by Crippen LogP contribution is -2.57. The van der Waals surface area contributed by atoms with Crippen molar-refractivity contribution in [2.24, 2.45) is 5.92 Å². The lowest BCUT2D eigenvalue weighted by atomic mass is 9.97. The molecule has 120 valence electrons. The molecule has 2 fully saturated rings. The maximum atomic E-state index is 12.9. The minimum absolute atomic E-state index is 0.0426. The van der Waals surface area contributed by atoms with E-state index in [9.17, 15) is 14.7 Å². The van der Waals surface area contributed by atoms with E-state index in [0.29, 0.717) is 13.2 Å². The molecule has 2 unspecified atom stereocenters. The van der Waals surface area contributed by atoms with Crippen LogP contribution in [0.2, 0.25) is 0 Å². The second kappa shape index (κ2) is 6.64. The molecule has 21 heavy (non-hydrogen) atoms. The van der Waals surface area contributed by atoms with Crippen LogP contribution >= 0.6 is 0 Å². The quantitative estimate of drug-likeness (QED) is 0.862. The smallest absolute Gasteiger partial charge is 0.320 e. The fourth-order valence-electron chi connectivity index (χ4n) is 3.54. The number of aliphatic carboxylic acids is 1. The Hall–Kier alpha value is -1.30. The lowest BCUT2D eigenvalue weighted by Gasteiger charge is -2.43. The first-order valence-electron chi connectivity index (χ1n) is 7.86. The van der Waals surface area contributed by atoms with Gasteiger partial charge in [-0.1, -0.05) is 0 Å². The van der Waals surface area contributed by atoms with Gasteiger partial charge in [-0.15, -0.1) is 0 Å². The molecule has 0 aromatic carbocycles. The van der Waals surface area contributed by atoms with Crippen LogP contribution in [0.3, 0.4) is 0 Å². The number of hydrogen-bond acceptors (Lipinski definition) is 3. The minimum atomic E-state index is -0.886. The molecular weight excluding hydrogens is 272 g/mol. The van der Waals surface area contributed by atoms with Crippen LogP contribution in [0.25, 0.3) is 0 Å². The predicted molar refractivity (Wildman–Crippen MR) is 78.1 cm³/mol. The van der Waals surface area contributed by atoms with E-state index in [1.807, 2.05) is 11.8 Å². The van der Waals surface area contributed by atoms with Gasteiger partial charge in [0.1, 0.15) is 5.92 Å². The van der Waals surface area contributed by atoms with Crippen LogP contribution in [-0.4, -0.2) is 64.8 Å². The third kappa shape index (κ3) is 3.15. The number of piperidine rings is 1.